The second-order valence-corrected chi connectivity index (χ2v) is 11.2. The van der Waals surface area contributed by atoms with Crippen LogP contribution in [0.15, 0.2) is 36.5 Å². The van der Waals surface area contributed by atoms with E-state index in [2.05, 4.69) is 35.4 Å². The third kappa shape index (κ3) is 4.94. The molecule has 1 unspecified atom stereocenters. The fraction of sp³-hybridized carbons (Fsp3) is 0.440. The maximum atomic E-state index is 13.3. The smallest absolute Gasteiger partial charge is 0.375 e. The van der Waals surface area contributed by atoms with Crippen LogP contribution in [-0.4, -0.2) is 72.2 Å². The number of rotatable bonds is 8. The van der Waals surface area contributed by atoms with E-state index in [1.54, 1.807) is 25.7 Å². The standard InChI is InChI=1S/C25H26F3N9O2S/c1-14(25(26,27)28)37-13-31-34-21(37)23-33-20(9-40-23)32-22(38)16-6-18(35-8-17(30-12-35)15-4-5-15)19(7-29-16)36-10-24(2,11-36)39-3/h6-9,12-15H,4-5,10-11H2,1-3H3,(H,32,38). The fourth-order valence-electron chi connectivity index (χ4n) is 4.58. The first-order chi connectivity index (χ1) is 19.0. The summed E-state index contributed by atoms with van der Waals surface area (Å²) in [6.45, 7) is 4.40. The largest absolute Gasteiger partial charge is 0.408 e. The summed E-state index contributed by atoms with van der Waals surface area (Å²) in [7, 11) is 1.69. The van der Waals surface area contributed by atoms with Crippen LogP contribution in [0.5, 0.6) is 0 Å². The SMILES string of the molecule is COC1(C)CN(c2cnc(C(=O)Nc3csc(-c4nncn4C(C)C(F)(F)F)n3)cc2-n2cnc(C3CC3)c2)C1. The van der Waals surface area contributed by atoms with Crippen molar-refractivity contribution in [2.75, 3.05) is 30.4 Å². The Morgan fingerprint density at radius 2 is 2.00 bits per heavy atom. The van der Waals surface area contributed by atoms with Crippen LogP contribution in [0.25, 0.3) is 16.5 Å². The minimum Gasteiger partial charge on any atom is -0.375 e. The molecule has 1 saturated heterocycles. The quantitative estimate of drug-likeness (QED) is 0.329. The number of amides is 1. The molecule has 1 amide bonds. The number of aromatic nitrogens is 7. The number of methoxy groups -OCH3 is 1. The predicted molar refractivity (Wildman–Crippen MR) is 141 cm³/mol. The van der Waals surface area contributed by atoms with Crippen LogP contribution < -0.4 is 10.2 Å². The minimum absolute atomic E-state index is 0.0377. The summed E-state index contributed by atoms with van der Waals surface area (Å²) in [5.41, 5.74) is 2.51. The summed E-state index contributed by atoms with van der Waals surface area (Å²) in [5, 5.41) is 11.8. The van der Waals surface area contributed by atoms with E-state index in [-0.39, 0.29) is 27.9 Å². The van der Waals surface area contributed by atoms with Crippen LogP contribution >= 0.6 is 11.3 Å². The van der Waals surface area contributed by atoms with Gasteiger partial charge in [0.05, 0.1) is 35.2 Å². The van der Waals surface area contributed by atoms with Crippen LogP contribution in [0.3, 0.4) is 0 Å². The number of carbonyl (C=O) groups excluding carboxylic acids is 1. The Bertz CT molecular complexity index is 1550. The molecule has 4 aromatic heterocycles. The Morgan fingerprint density at radius 3 is 2.70 bits per heavy atom. The highest BCUT2D eigenvalue weighted by Gasteiger charge is 2.41. The zero-order valence-electron chi connectivity index (χ0n) is 21.9. The summed E-state index contributed by atoms with van der Waals surface area (Å²) < 4.78 is 48.2. The van der Waals surface area contributed by atoms with Gasteiger partial charge in [-0.15, -0.1) is 21.5 Å². The lowest BCUT2D eigenvalue weighted by atomic mass is 9.95. The number of hydrogen-bond donors (Lipinski definition) is 1. The van der Waals surface area contributed by atoms with Gasteiger partial charge in [-0.05, 0) is 32.8 Å². The van der Waals surface area contributed by atoms with Crippen molar-refractivity contribution in [2.45, 2.75) is 50.4 Å². The van der Waals surface area contributed by atoms with Gasteiger partial charge in [0.25, 0.3) is 5.91 Å². The third-order valence-corrected chi connectivity index (χ3v) is 8.09. The highest BCUT2D eigenvalue weighted by atomic mass is 32.1. The number of nitrogens with zero attached hydrogens (tertiary/aromatic N) is 8. The number of carbonyl (C=O) groups is 1. The number of anilines is 2. The average Bonchev–Trinajstić information content (AvgIpc) is 3.28. The summed E-state index contributed by atoms with van der Waals surface area (Å²) in [4.78, 5) is 28.6. The molecule has 5 heterocycles. The van der Waals surface area contributed by atoms with Gasteiger partial charge >= 0.3 is 6.18 Å². The topological polar surface area (TPSA) is 116 Å². The van der Waals surface area contributed by atoms with Gasteiger partial charge in [-0.1, -0.05) is 0 Å². The van der Waals surface area contributed by atoms with E-state index in [1.165, 1.54) is 5.38 Å². The normalized spacial score (nSPS) is 17.5. The van der Waals surface area contributed by atoms with Gasteiger partial charge in [0.15, 0.2) is 10.8 Å². The maximum absolute atomic E-state index is 13.3. The van der Waals surface area contributed by atoms with Crippen molar-refractivity contribution in [3.05, 3.63) is 47.9 Å². The number of ether oxygens (including phenoxy) is 1. The van der Waals surface area contributed by atoms with Crippen LogP contribution in [0.4, 0.5) is 24.7 Å². The summed E-state index contributed by atoms with van der Waals surface area (Å²) in [5.74, 6) is 0.0923. The van der Waals surface area contributed by atoms with Crippen molar-refractivity contribution in [1.82, 2.24) is 34.3 Å². The molecule has 210 valence electrons. The molecule has 1 atom stereocenters. The van der Waals surface area contributed by atoms with Gasteiger partial charge in [-0.3, -0.25) is 9.36 Å². The first-order valence-corrected chi connectivity index (χ1v) is 13.5. The van der Waals surface area contributed by atoms with E-state index in [4.69, 9.17) is 4.74 Å². The van der Waals surface area contributed by atoms with Crippen molar-refractivity contribution in [1.29, 1.82) is 0 Å². The van der Waals surface area contributed by atoms with E-state index < -0.39 is 18.1 Å². The van der Waals surface area contributed by atoms with E-state index >= 15 is 0 Å². The van der Waals surface area contributed by atoms with Crippen molar-refractivity contribution < 1.29 is 22.7 Å². The van der Waals surface area contributed by atoms with Crippen molar-refractivity contribution >= 4 is 28.7 Å². The number of pyridine rings is 1. The van der Waals surface area contributed by atoms with E-state index in [0.29, 0.717) is 19.0 Å². The van der Waals surface area contributed by atoms with Gasteiger partial charge in [0, 0.05) is 37.7 Å². The summed E-state index contributed by atoms with van der Waals surface area (Å²) in [6, 6.07) is -0.141. The highest BCUT2D eigenvalue weighted by molar-refractivity contribution is 7.13. The van der Waals surface area contributed by atoms with E-state index in [0.717, 1.165) is 59.1 Å². The van der Waals surface area contributed by atoms with Crippen LogP contribution in [0.1, 0.15) is 54.8 Å². The first kappa shape index (κ1) is 26.4. The zero-order chi connectivity index (χ0) is 28.2. The van der Waals surface area contributed by atoms with E-state index in [1.807, 2.05) is 17.7 Å². The lowest BCUT2D eigenvalue weighted by Crippen LogP contribution is -2.61. The maximum Gasteiger partial charge on any atom is 0.408 e. The van der Waals surface area contributed by atoms with Crippen molar-refractivity contribution in [3.63, 3.8) is 0 Å². The number of nitrogens with one attached hydrogen (secondary N) is 1. The van der Waals surface area contributed by atoms with Gasteiger partial charge in [-0.2, -0.15) is 13.2 Å². The predicted octanol–water partition coefficient (Wildman–Crippen LogP) is 4.46. The second-order valence-electron chi connectivity index (χ2n) is 10.3. The molecule has 2 fully saturated rings. The number of imidazole rings is 1. The highest BCUT2D eigenvalue weighted by Crippen LogP contribution is 2.40. The summed E-state index contributed by atoms with van der Waals surface area (Å²) in [6.07, 6.45) is 4.16. The molecule has 4 aromatic rings. The molecule has 15 heteroatoms. The summed E-state index contributed by atoms with van der Waals surface area (Å²) >= 11 is 1.05. The Morgan fingerprint density at radius 1 is 1.23 bits per heavy atom. The molecule has 1 N–H and O–H groups in total. The molecule has 0 spiro atoms. The van der Waals surface area contributed by atoms with E-state index in [9.17, 15) is 18.0 Å². The van der Waals surface area contributed by atoms with Crippen LogP contribution in [0.2, 0.25) is 0 Å². The molecule has 0 aromatic carbocycles. The molecular weight excluding hydrogens is 547 g/mol. The Hall–Kier alpha value is -3.85. The van der Waals surface area contributed by atoms with Gasteiger partial charge in [-0.25, -0.2) is 15.0 Å². The number of halogens is 3. The molecular formula is C25H26F3N9O2S. The Labute approximate surface area is 231 Å². The molecule has 6 rings (SSSR count). The number of hydrogen-bond acceptors (Lipinski definition) is 9. The number of thiazole rings is 1. The molecule has 1 aliphatic heterocycles. The molecule has 0 bridgehead atoms. The first-order valence-electron chi connectivity index (χ1n) is 12.6. The lowest BCUT2D eigenvalue weighted by Gasteiger charge is -2.48. The fourth-order valence-corrected chi connectivity index (χ4v) is 5.32. The minimum atomic E-state index is -4.48. The molecule has 1 aliphatic carbocycles. The Balaban J connectivity index is 1.25. The van der Waals surface area contributed by atoms with Crippen molar-refractivity contribution in [3.8, 4) is 16.5 Å². The van der Waals surface area contributed by atoms with Gasteiger partial charge < -0.3 is 19.5 Å². The van der Waals surface area contributed by atoms with Crippen molar-refractivity contribution in [2.24, 2.45) is 0 Å². The van der Waals surface area contributed by atoms with Crippen LogP contribution in [-0.2, 0) is 4.74 Å². The monoisotopic (exact) mass is 573 g/mol. The molecule has 11 nitrogen and oxygen atoms in total. The van der Waals surface area contributed by atoms with Crippen LogP contribution in [0, 0.1) is 0 Å². The Kier molecular flexibility index (Phi) is 6.37. The second kappa shape index (κ2) is 9.66. The molecule has 2 aliphatic rings. The van der Waals surface area contributed by atoms with Gasteiger partial charge in [0.2, 0.25) is 0 Å². The molecule has 40 heavy (non-hydrogen) atoms. The average molecular weight is 574 g/mol. The molecule has 0 radical (unpaired) electrons. The van der Waals surface area contributed by atoms with Gasteiger partial charge in [0.1, 0.15) is 23.9 Å². The lowest BCUT2D eigenvalue weighted by molar-refractivity contribution is -0.162. The zero-order valence-corrected chi connectivity index (χ0v) is 22.7. The third-order valence-electron chi connectivity index (χ3n) is 7.26. The number of alkyl halides is 3. The molecule has 1 saturated carbocycles.